The minimum absolute atomic E-state index is 0.0926. The van der Waals surface area contributed by atoms with Gasteiger partial charge in [0.05, 0.1) is 36.9 Å². The summed E-state index contributed by atoms with van der Waals surface area (Å²) >= 11 is 6.12. The van der Waals surface area contributed by atoms with Crippen molar-refractivity contribution in [2.75, 3.05) is 19.1 Å². The molecule has 4 aromatic rings. The number of anilines is 1. The van der Waals surface area contributed by atoms with Gasteiger partial charge in [0.25, 0.3) is 5.78 Å². The molecule has 1 atom stereocenters. The van der Waals surface area contributed by atoms with Crippen molar-refractivity contribution in [2.24, 2.45) is 0 Å². The fraction of sp³-hybridized carbons (Fsp3) is 0.115. The zero-order valence-corrected chi connectivity index (χ0v) is 19.5. The molecular weight excluding hydrogens is 470 g/mol. The second-order valence-electron chi connectivity index (χ2n) is 7.87. The number of nitrogens with zero attached hydrogens (tertiary/aromatic N) is 2. The number of rotatable bonds is 5. The normalized spacial score (nSPS) is 17.2. The monoisotopic (exact) mass is 489 g/mol. The summed E-state index contributed by atoms with van der Waals surface area (Å²) in [4.78, 5) is 35.6. The summed E-state index contributed by atoms with van der Waals surface area (Å²) < 4.78 is 10.8. The quantitative estimate of drug-likeness (QED) is 0.236. The number of ether oxygens (including phenoxy) is 2. The van der Waals surface area contributed by atoms with Crippen LogP contribution in [0.4, 0.5) is 5.95 Å². The fourth-order valence-corrected chi connectivity index (χ4v) is 4.42. The molecule has 2 heterocycles. The number of Topliss-reactive ketones (excluding diaryl/α,β-unsaturated/α-hetero) is 1. The van der Waals surface area contributed by atoms with Crippen molar-refractivity contribution in [3.8, 4) is 11.5 Å². The van der Waals surface area contributed by atoms with Crippen molar-refractivity contribution in [3.63, 3.8) is 0 Å². The Kier molecular flexibility index (Phi) is 5.66. The molecule has 1 aromatic heterocycles. The number of hydrogen-bond donors (Lipinski definition) is 2. The van der Waals surface area contributed by atoms with Crippen LogP contribution in [-0.4, -0.2) is 41.0 Å². The highest BCUT2D eigenvalue weighted by molar-refractivity contribution is 6.51. The number of halogens is 1. The Morgan fingerprint density at radius 1 is 1.00 bits per heavy atom. The number of aliphatic hydroxyl groups excluding tert-OH is 1. The molecule has 1 fully saturated rings. The molecule has 176 valence electrons. The molecule has 0 spiro atoms. The number of aromatic nitrogens is 2. The maximum Gasteiger partial charge on any atom is 0.302 e. The van der Waals surface area contributed by atoms with E-state index in [-0.39, 0.29) is 17.3 Å². The summed E-state index contributed by atoms with van der Waals surface area (Å²) in [5.41, 5.74) is 2.07. The largest absolute Gasteiger partial charge is 0.507 e. The number of methoxy groups -OCH3 is 2. The van der Waals surface area contributed by atoms with Crippen LogP contribution >= 0.6 is 11.6 Å². The summed E-state index contributed by atoms with van der Waals surface area (Å²) in [6.45, 7) is 0. The minimum atomic E-state index is -0.991. The summed E-state index contributed by atoms with van der Waals surface area (Å²) in [6.07, 6.45) is 0. The van der Waals surface area contributed by atoms with Gasteiger partial charge in [-0.1, -0.05) is 41.9 Å². The van der Waals surface area contributed by atoms with Gasteiger partial charge in [0, 0.05) is 10.6 Å². The molecule has 5 rings (SSSR count). The van der Waals surface area contributed by atoms with Crippen LogP contribution in [0.15, 0.2) is 72.3 Å². The van der Waals surface area contributed by atoms with Gasteiger partial charge in [-0.2, -0.15) is 0 Å². The SMILES string of the molecule is COc1ccc(C2/C(=C(\O)c3cccc(Cl)c3)C(=O)C(=O)N2c2nc3ccccc3[nH]2)cc1OC. The van der Waals surface area contributed by atoms with Crippen molar-refractivity contribution in [1.82, 2.24) is 9.97 Å². The number of carbonyl (C=O) groups excluding carboxylic acids is 2. The minimum Gasteiger partial charge on any atom is -0.507 e. The molecule has 1 unspecified atom stereocenters. The average Bonchev–Trinajstić information content (AvgIpc) is 3.41. The molecule has 0 aliphatic carbocycles. The van der Waals surface area contributed by atoms with E-state index >= 15 is 0 Å². The van der Waals surface area contributed by atoms with Gasteiger partial charge in [-0.05, 0) is 42.0 Å². The van der Waals surface area contributed by atoms with Crippen LogP contribution in [0.1, 0.15) is 17.2 Å². The van der Waals surface area contributed by atoms with Crippen molar-refractivity contribution in [3.05, 3.63) is 88.5 Å². The first-order valence-electron chi connectivity index (χ1n) is 10.7. The number of nitrogens with one attached hydrogen (secondary N) is 1. The van der Waals surface area contributed by atoms with Gasteiger partial charge in [0.15, 0.2) is 11.5 Å². The standard InChI is InChI=1S/C26H20ClN3O5/c1-34-19-11-10-14(13-20(19)35-2)22-21(23(31)15-6-5-7-16(27)12-15)24(32)25(33)30(22)26-28-17-8-3-4-9-18(17)29-26/h3-13,22,31H,1-2H3,(H,28,29)/b23-21+. The summed E-state index contributed by atoms with van der Waals surface area (Å²) in [7, 11) is 3.00. The molecular formula is C26H20ClN3O5. The van der Waals surface area contributed by atoms with Gasteiger partial charge in [0.2, 0.25) is 5.95 Å². The molecule has 0 saturated carbocycles. The smallest absolute Gasteiger partial charge is 0.302 e. The van der Waals surface area contributed by atoms with Crippen LogP contribution in [0, 0.1) is 0 Å². The number of imidazole rings is 1. The second-order valence-corrected chi connectivity index (χ2v) is 8.31. The molecule has 8 nitrogen and oxygen atoms in total. The number of H-pyrrole nitrogens is 1. The zero-order valence-electron chi connectivity index (χ0n) is 18.8. The third kappa shape index (κ3) is 3.77. The molecule has 1 aliphatic rings. The predicted octanol–water partition coefficient (Wildman–Crippen LogP) is 4.86. The molecule has 35 heavy (non-hydrogen) atoms. The first-order valence-corrected chi connectivity index (χ1v) is 11.0. The van der Waals surface area contributed by atoms with Gasteiger partial charge in [-0.15, -0.1) is 0 Å². The molecule has 3 aromatic carbocycles. The van der Waals surface area contributed by atoms with Crippen molar-refractivity contribution in [2.45, 2.75) is 6.04 Å². The number of aromatic amines is 1. The van der Waals surface area contributed by atoms with Crippen LogP contribution in [0.5, 0.6) is 11.5 Å². The number of carbonyl (C=O) groups is 2. The highest BCUT2D eigenvalue weighted by atomic mass is 35.5. The van der Waals surface area contributed by atoms with Gasteiger partial charge in [-0.3, -0.25) is 14.5 Å². The van der Waals surface area contributed by atoms with Gasteiger partial charge in [0.1, 0.15) is 5.76 Å². The van der Waals surface area contributed by atoms with E-state index in [2.05, 4.69) is 9.97 Å². The number of hydrogen-bond acceptors (Lipinski definition) is 6. The second kappa shape index (κ2) is 8.81. The van der Waals surface area contributed by atoms with Crippen molar-refractivity contribution >= 4 is 46.0 Å². The Bertz CT molecular complexity index is 1480. The van der Waals surface area contributed by atoms with E-state index in [4.69, 9.17) is 21.1 Å². The third-order valence-corrected chi connectivity index (χ3v) is 6.11. The molecule has 9 heteroatoms. The number of para-hydroxylation sites is 2. The van der Waals surface area contributed by atoms with E-state index in [0.717, 1.165) is 0 Å². The Labute approximate surface area is 205 Å². The Morgan fingerprint density at radius 2 is 1.77 bits per heavy atom. The van der Waals surface area contributed by atoms with Crippen LogP contribution in [0.25, 0.3) is 16.8 Å². The number of aliphatic hydroxyl groups is 1. The molecule has 1 saturated heterocycles. The van der Waals surface area contributed by atoms with Crippen LogP contribution in [0.3, 0.4) is 0 Å². The Hall–Kier alpha value is -4.30. The van der Waals surface area contributed by atoms with Gasteiger partial charge < -0.3 is 19.6 Å². The van der Waals surface area contributed by atoms with Gasteiger partial charge >= 0.3 is 5.91 Å². The lowest BCUT2D eigenvalue weighted by Crippen LogP contribution is -2.30. The van der Waals surface area contributed by atoms with Crippen molar-refractivity contribution in [1.29, 1.82) is 0 Å². The number of ketones is 1. The molecule has 0 bridgehead atoms. The van der Waals surface area contributed by atoms with Crippen LogP contribution in [-0.2, 0) is 9.59 Å². The van der Waals surface area contributed by atoms with Gasteiger partial charge in [-0.25, -0.2) is 4.98 Å². The molecule has 2 N–H and O–H groups in total. The number of fused-ring (bicyclic) bond motifs is 1. The Morgan fingerprint density at radius 3 is 2.49 bits per heavy atom. The lowest BCUT2D eigenvalue weighted by Gasteiger charge is -2.23. The van der Waals surface area contributed by atoms with Crippen molar-refractivity contribution < 1.29 is 24.2 Å². The van der Waals surface area contributed by atoms with E-state index in [1.807, 2.05) is 18.2 Å². The lowest BCUT2D eigenvalue weighted by molar-refractivity contribution is -0.132. The third-order valence-electron chi connectivity index (χ3n) is 5.87. The topological polar surface area (TPSA) is 105 Å². The first-order chi connectivity index (χ1) is 16.9. The predicted molar refractivity (Wildman–Crippen MR) is 132 cm³/mol. The lowest BCUT2D eigenvalue weighted by atomic mass is 9.95. The fourth-order valence-electron chi connectivity index (χ4n) is 4.23. The summed E-state index contributed by atoms with van der Waals surface area (Å²) in [5.74, 6) is -0.952. The van der Waals surface area contributed by atoms with E-state index in [1.165, 1.54) is 25.2 Å². The molecule has 1 aliphatic heterocycles. The zero-order chi connectivity index (χ0) is 24.7. The Balaban J connectivity index is 1.76. The number of benzene rings is 3. The van der Waals surface area contributed by atoms with E-state index in [9.17, 15) is 14.7 Å². The first kappa shape index (κ1) is 22.5. The van der Waals surface area contributed by atoms with E-state index < -0.39 is 17.7 Å². The van der Waals surface area contributed by atoms with E-state index in [1.54, 1.807) is 42.5 Å². The number of amides is 1. The highest BCUT2D eigenvalue weighted by Gasteiger charge is 2.48. The average molecular weight is 490 g/mol. The highest BCUT2D eigenvalue weighted by Crippen LogP contribution is 2.43. The summed E-state index contributed by atoms with van der Waals surface area (Å²) in [5, 5.41) is 11.6. The maximum absolute atomic E-state index is 13.3. The molecule has 1 amide bonds. The summed E-state index contributed by atoms with van der Waals surface area (Å²) in [6, 6.07) is 17.8. The van der Waals surface area contributed by atoms with Crippen LogP contribution < -0.4 is 14.4 Å². The van der Waals surface area contributed by atoms with Crippen LogP contribution in [0.2, 0.25) is 5.02 Å². The molecule has 0 radical (unpaired) electrons. The van der Waals surface area contributed by atoms with E-state index in [0.29, 0.717) is 38.7 Å². The maximum atomic E-state index is 13.3.